The van der Waals surface area contributed by atoms with Crippen LogP contribution in [0.4, 0.5) is 24.5 Å². The Balaban J connectivity index is 1.84. The molecule has 0 bridgehead atoms. The molecule has 1 aliphatic heterocycles. The Kier molecular flexibility index (Phi) is 5.01. The molecular weight excluding hydrogens is 397 g/mol. The number of nitrogens with zero attached hydrogens (tertiary/aromatic N) is 1. The van der Waals surface area contributed by atoms with Crippen LogP contribution in [0.3, 0.4) is 0 Å². The Morgan fingerprint density at radius 3 is 2.61 bits per heavy atom. The number of ether oxygens (including phenoxy) is 1. The van der Waals surface area contributed by atoms with Gasteiger partial charge in [0.15, 0.2) is 5.60 Å². The zero-order valence-corrected chi connectivity index (χ0v) is 15.7. The summed E-state index contributed by atoms with van der Waals surface area (Å²) in [7, 11) is 0. The fourth-order valence-electron chi connectivity index (χ4n) is 2.82. The minimum absolute atomic E-state index is 0.0221. The molecule has 3 rings (SSSR count). The Morgan fingerprint density at radius 1 is 1.21 bits per heavy atom. The monoisotopic (exact) mass is 412 g/mol. The number of hydrogen-bond donors (Lipinski definition) is 1. The molecule has 2 aromatic carbocycles. The summed E-state index contributed by atoms with van der Waals surface area (Å²) in [6, 6.07) is 8.92. The molecule has 2 aromatic rings. The summed E-state index contributed by atoms with van der Waals surface area (Å²) in [6.45, 7) is 2.71. The zero-order chi connectivity index (χ0) is 20.7. The molecule has 0 fully saturated rings. The van der Waals surface area contributed by atoms with Gasteiger partial charge < -0.3 is 10.1 Å². The van der Waals surface area contributed by atoms with Crippen LogP contribution in [-0.2, 0) is 15.8 Å². The maximum absolute atomic E-state index is 12.8. The summed E-state index contributed by atoms with van der Waals surface area (Å²) in [5.41, 5.74) is -1.80. The third-order valence-corrected chi connectivity index (χ3v) is 4.35. The number of alkyl halides is 3. The van der Waals surface area contributed by atoms with E-state index in [2.05, 4.69) is 5.32 Å². The number of amides is 2. The van der Waals surface area contributed by atoms with E-state index in [1.807, 2.05) is 0 Å². The predicted molar refractivity (Wildman–Crippen MR) is 98.6 cm³/mol. The van der Waals surface area contributed by atoms with E-state index < -0.39 is 35.7 Å². The summed E-state index contributed by atoms with van der Waals surface area (Å²) in [5, 5.41) is 2.73. The highest BCUT2D eigenvalue weighted by molar-refractivity contribution is 6.31. The van der Waals surface area contributed by atoms with Crippen molar-refractivity contribution in [2.45, 2.75) is 25.6 Å². The molecule has 28 heavy (non-hydrogen) atoms. The van der Waals surface area contributed by atoms with Gasteiger partial charge in [0.25, 0.3) is 5.91 Å². The van der Waals surface area contributed by atoms with Crippen molar-refractivity contribution >= 4 is 34.8 Å². The summed E-state index contributed by atoms with van der Waals surface area (Å²) in [6.07, 6.45) is -4.53. The van der Waals surface area contributed by atoms with E-state index in [1.165, 1.54) is 23.1 Å². The second-order valence-corrected chi connectivity index (χ2v) is 7.18. The first-order valence-corrected chi connectivity index (χ1v) is 8.63. The number of carbonyl (C=O) groups is 2. The molecule has 1 aliphatic rings. The van der Waals surface area contributed by atoms with Gasteiger partial charge in [-0.15, -0.1) is 0 Å². The van der Waals surface area contributed by atoms with Crippen molar-refractivity contribution in [1.82, 2.24) is 0 Å². The summed E-state index contributed by atoms with van der Waals surface area (Å²) in [4.78, 5) is 26.4. The van der Waals surface area contributed by atoms with Crippen LogP contribution >= 0.6 is 11.6 Å². The normalized spacial score (nSPS) is 15.6. The number of rotatable bonds is 3. The lowest BCUT2D eigenvalue weighted by Crippen LogP contribution is -2.54. The van der Waals surface area contributed by atoms with Crippen LogP contribution in [0, 0.1) is 0 Å². The third-order valence-electron chi connectivity index (χ3n) is 4.11. The molecule has 0 radical (unpaired) electrons. The molecule has 0 aliphatic carbocycles. The number of benzene rings is 2. The fraction of sp³-hybridized carbons (Fsp3) is 0.263. The van der Waals surface area contributed by atoms with Gasteiger partial charge in [-0.3, -0.25) is 14.5 Å². The molecule has 9 heteroatoms. The largest absolute Gasteiger partial charge is 0.476 e. The van der Waals surface area contributed by atoms with E-state index in [0.717, 1.165) is 12.1 Å². The Labute approximate surface area is 164 Å². The quantitative estimate of drug-likeness (QED) is 0.807. The van der Waals surface area contributed by atoms with Gasteiger partial charge in [-0.25, -0.2) is 0 Å². The first-order chi connectivity index (χ1) is 13.0. The van der Waals surface area contributed by atoms with Crippen molar-refractivity contribution in [3.05, 3.63) is 53.1 Å². The highest BCUT2D eigenvalue weighted by atomic mass is 35.5. The molecule has 2 amide bonds. The van der Waals surface area contributed by atoms with Gasteiger partial charge in [-0.05, 0) is 50.2 Å². The second-order valence-electron chi connectivity index (χ2n) is 6.74. The number of hydrogen-bond acceptors (Lipinski definition) is 3. The van der Waals surface area contributed by atoms with Crippen molar-refractivity contribution in [3.8, 4) is 5.75 Å². The zero-order valence-electron chi connectivity index (χ0n) is 14.9. The predicted octanol–water partition coefficient (Wildman–Crippen LogP) is 4.50. The summed E-state index contributed by atoms with van der Waals surface area (Å²) in [5.74, 6) is -0.751. The van der Waals surface area contributed by atoms with Crippen molar-refractivity contribution < 1.29 is 27.5 Å². The Bertz CT molecular complexity index is 944. The lowest BCUT2D eigenvalue weighted by Gasteiger charge is -2.38. The average molecular weight is 413 g/mol. The topological polar surface area (TPSA) is 58.6 Å². The molecule has 148 valence electrons. The van der Waals surface area contributed by atoms with Gasteiger partial charge in [0.2, 0.25) is 5.91 Å². The number of nitrogens with one attached hydrogen (secondary N) is 1. The molecule has 0 atom stereocenters. The molecule has 0 spiro atoms. The second kappa shape index (κ2) is 7.01. The van der Waals surface area contributed by atoms with Gasteiger partial charge in [-0.1, -0.05) is 17.7 Å². The van der Waals surface area contributed by atoms with Crippen LogP contribution in [0.25, 0.3) is 0 Å². The molecule has 1 heterocycles. The van der Waals surface area contributed by atoms with E-state index in [-0.39, 0.29) is 5.69 Å². The van der Waals surface area contributed by atoms with Crippen LogP contribution in [-0.4, -0.2) is 24.0 Å². The van der Waals surface area contributed by atoms with Crippen LogP contribution in [0.2, 0.25) is 5.02 Å². The molecule has 0 saturated carbocycles. The smallest absolute Gasteiger partial charge is 0.416 e. The van der Waals surface area contributed by atoms with Crippen LogP contribution in [0.15, 0.2) is 42.5 Å². The highest BCUT2D eigenvalue weighted by Crippen LogP contribution is 2.39. The third kappa shape index (κ3) is 4.06. The standard InChI is InChI=1S/C19H16ClF3N2O3/c1-18(2)17(27)25(14-9-12(20)6-7-15(14)28-18)10-16(26)24-13-5-3-4-11(8-13)19(21,22)23/h3-9H,10H2,1-2H3,(H,24,26). The fourth-order valence-corrected chi connectivity index (χ4v) is 2.98. The van der Waals surface area contributed by atoms with E-state index >= 15 is 0 Å². The van der Waals surface area contributed by atoms with Gasteiger partial charge >= 0.3 is 6.18 Å². The first kappa shape index (κ1) is 20.0. The summed E-state index contributed by atoms with van der Waals surface area (Å²) < 4.78 is 44.1. The van der Waals surface area contributed by atoms with Crippen LogP contribution in [0.1, 0.15) is 19.4 Å². The van der Waals surface area contributed by atoms with Crippen molar-refractivity contribution in [2.75, 3.05) is 16.8 Å². The van der Waals surface area contributed by atoms with Crippen molar-refractivity contribution in [3.63, 3.8) is 0 Å². The molecule has 0 aromatic heterocycles. The van der Waals surface area contributed by atoms with Gasteiger partial charge in [-0.2, -0.15) is 13.2 Å². The minimum Gasteiger partial charge on any atom is -0.476 e. The number of halogens is 4. The lowest BCUT2D eigenvalue weighted by atomic mass is 10.0. The van der Waals surface area contributed by atoms with E-state index in [4.69, 9.17) is 16.3 Å². The van der Waals surface area contributed by atoms with Crippen molar-refractivity contribution in [2.24, 2.45) is 0 Å². The van der Waals surface area contributed by atoms with Gasteiger partial charge in [0, 0.05) is 10.7 Å². The van der Waals surface area contributed by atoms with E-state index in [1.54, 1.807) is 26.0 Å². The first-order valence-electron chi connectivity index (χ1n) is 8.25. The average Bonchev–Trinajstić information content (AvgIpc) is 2.59. The molecule has 0 unspecified atom stereocenters. The minimum atomic E-state index is -4.53. The van der Waals surface area contributed by atoms with Crippen LogP contribution < -0.4 is 15.0 Å². The molecule has 5 nitrogen and oxygen atoms in total. The Hall–Kier alpha value is -2.74. The van der Waals surface area contributed by atoms with E-state index in [9.17, 15) is 22.8 Å². The van der Waals surface area contributed by atoms with Crippen LogP contribution in [0.5, 0.6) is 5.75 Å². The highest BCUT2D eigenvalue weighted by Gasteiger charge is 2.41. The SMILES string of the molecule is CC1(C)Oc2ccc(Cl)cc2N(CC(=O)Nc2cccc(C(F)(F)F)c2)C1=O. The number of carbonyl (C=O) groups excluding carboxylic acids is 2. The molecule has 0 saturated heterocycles. The number of anilines is 2. The summed E-state index contributed by atoms with van der Waals surface area (Å²) >= 11 is 5.99. The van der Waals surface area contributed by atoms with E-state index in [0.29, 0.717) is 16.5 Å². The lowest BCUT2D eigenvalue weighted by molar-refractivity contribution is -0.137. The van der Waals surface area contributed by atoms with Gasteiger partial charge in [0.05, 0.1) is 11.3 Å². The van der Waals surface area contributed by atoms with Crippen molar-refractivity contribution in [1.29, 1.82) is 0 Å². The van der Waals surface area contributed by atoms with Gasteiger partial charge in [0.1, 0.15) is 12.3 Å². The Morgan fingerprint density at radius 2 is 1.93 bits per heavy atom. The maximum Gasteiger partial charge on any atom is 0.416 e. The maximum atomic E-state index is 12.8. The molecule has 1 N–H and O–H groups in total. The number of fused-ring (bicyclic) bond motifs is 1. The molecular formula is C19H16ClF3N2O3.